The van der Waals surface area contributed by atoms with Crippen molar-refractivity contribution >= 4 is 35.0 Å². The van der Waals surface area contributed by atoms with Crippen LogP contribution in [0.2, 0.25) is 5.02 Å². The van der Waals surface area contributed by atoms with Crippen molar-refractivity contribution in [3.63, 3.8) is 0 Å². The number of hydrogen-bond donors (Lipinski definition) is 2. The number of benzene rings is 1. The number of nitrogens with zero attached hydrogens (tertiary/aromatic N) is 2. The number of fused-ring (bicyclic) bond motifs is 1. The summed E-state index contributed by atoms with van der Waals surface area (Å²) >= 11 is 6.13. The minimum Gasteiger partial charge on any atom is -0.359 e. The predicted molar refractivity (Wildman–Crippen MR) is 156 cm³/mol. The normalized spacial score (nSPS) is 29.3. The minimum absolute atomic E-state index is 0.114. The van der Waals surface area contributed by atoms with Crippen molar-refractivity contribution in [3.8, 4) is 0 Å². The number of ether oxygens (including phenoxy) is 1. The van der Waals surface area contributed by atoms with Gasteiger partial charge in [-0.3, -0.25) is 14.4 Å². The van der Waals surface area contributed by atoms with E-state index in [9.17, 15) is 14.4 Å². The van der Waals surface area contributed by atoms with E-state index in [-0.39, 0.29) is 23.8 Å². The Balaban J connectivity index is 1.38. The molecule has 1 aromatic rings. The van der Waals surface area contributed by atoms with E-state index in [1.807, 2.05) is 12.2 Å². The molecule has 9 heteroatoms. The first kappa shape index (κ1) is 29.1. The molecule has 8 nitrogen and oxygen atoms in total. The molecule has 0 unspecified atom stereocenters. The van der Waals surface area contributed by atoms with Gasteiger partial charge in [0.25, 0.3) is 0 Å². The predicted octanol–water partition coefficient (Wildman–Crippen LogP) is 4.39. The van der Waals surface area contributed by atoms with Crippen LogP contribution in [-0.4, -0.2) is 77.5 Å². The van der Waals surface area contributed by atoms with Crippen LogP contribution in [0.5, 0.6) is 0 Å². The van der Waals surface area contributed by atoms with Crippen LogP contribution in [0, 0.1) is 11.8 Å². The second kappa shape index (κ2) is 12.6. The Hall–Kier alpha value is -2.42. The van der Waals surface area contributed by atoms with Crippen molar-refractivity contribution in [3.05, 3.63) is 41.4 Å². The number of anilines is 1. The van der Waals surface area contributed by atoms with Gasteiger partial charge in [-0.05, 0) is 69.9 Å². The van der Waals surface area contributed by atoms with Crippen LogP contribution in [0.1, 0.15) is 65.2 Å². The standard InChI is InChI=1S/C31H43ClN4O4/c1-3-16-35(17-4-2)18-9-19-36-27(29(38)33-22-11-6-5-7-12-22)31-15-14-24(40-31)25(26(31)30(36)39)28(37)34-23-13-8-10-21(32)20-23/h8,10,13-15,20,22,24-27H,3-7,9,11-12,16-19H2,1-2H3,(H,33,38)(H,34,37)/t24-,25+,26-,27+,31-/m0/s1. The van der Waals surface area contributed by atoms with Gasteiger partial charge in [-0.1, -0.05) is 62.9 Å². The smallest absolute Gasteiger partial charge is 0.246 e. The Morgan fingerprint density at radius 3 is 2.55 bits per heavy atom. The monoisotopic (exact) mass is 570 g/mol. The lowest BCUT2D eigenvalue weighted by atomic mass is 9.74. The molecule has 1 aliphatic carbocycles. The number of halogens is 1. The van der Waals surface area contributed by atoms with Gasteiger partial charge in [0.2, 0.25) is 17.7 Å². The van der Waals surface area contributed by atoms with Crippen LogP contribution in [-0.2, 0) is 19.1 Å². The van der Waals surface area contributed by atoms with Gasteiger partial charge in [0.15, 0.2) is 0 Å². The lowest BCUT2D eigenvalue weighted by Gasteiger charge is -2.34. The van der Waals surface area contributed by atoms with Crippen LogP contribution in [0.3, 0.4) is 0 Å². The van der Waals surface area contributed by atoms with Crippen molar-refractivity contribution in [2.45, 2.75) is 89.0 Å². The maximum atomic E-state index is 14.1. The number of rotatable bonds is 12. The molecule has 2 bridgehead atoms. The van der Waals surface area contributed by atoms with Gasteiger partial charge in [-0.2, -0.15) is 0 Å². The zero-order chi connectivity index (χ0) is 28.3. The van der Waals surface area contributed by atoms with Crippen LogP contribution in [0.15, 0.2) is 36.4 Å². The molecule has 2 saturated heterocycles. The lowest BCUT2D eigenvalue weighted by Crippen LogP contribution is -2.56. The maximum Gasteiger partial charge on any atom is 0.246 e. The first-order chi connectivity index (χ1) is 19.4. The number of carbonyl (C=O) groups excluding carboxylic acids is 3. The molecule has 5 atom stereocenters. The third-order valence-corrected chi connectivity index (χ3v) is 9.16. The highest BCUT2D eigenvalue weighted by Gasteiger charge is 2.72. The Morgan fingerprint density at radius 2 is 1.85 bits per heavy atom. The topological polar surface area (TPSA) is 91.0 Å². The zero-order valence-electron chi connectivity index (χ0n) is 23.7. The van der Waals surface area contributed by atoms with Gasteiger partial charge < -0.3 is 25.2 Å². The van der Waals surface area contributed by atoms with Crippen molar-refractivity contribution < 1.29 is 19.1 Å². The summed E-state index contributed by atoms with van der Waals surface area (Å²) in [6.07, 6.45) is 11.4. The van der Waals surface area contributed by atoms with E-state index in [1.165, 1.54) is 6.42 Å². The van der Waals surface area contributed by atoms with E-state index in [0.717, 1.165) is 64.6 Å². The Kier molecular flexibility index (Phi) is 9.18. The summed E-state index contributed by atoms with van der Waals surface area (Å²) in [5, 5.41) is 6.71. The number of carbonyl (C=O) groups is 3. The van der Waals surface area contributed by atoms with E-state index in [4.69, 9.17) is 16.3 Å². The van der Waals surface area contributed by atoms with Gasteiger partial charge in [0.05, 0.1) is 17.9 Å². The van der Waals surface area contributed by atoms with E-state index in [1.54, 1.807) is 29.2 Å². The third kappa shape index (κ3) is 5.68. The van der Waals surface area contributed by atoms with Gasteiger partial charge in [-0.15, -0.1) is 0 Å². The Morgan fingerprint density at radius 1 is 1.10 bits per heavy atom. The van der Waals surface area contributed by atoms with Crippen molar-refractivity contribution in [1.82, 2.24) is 15.1 Å². The zero-order valence-corrected chi connectivity index (χ0v) is 24.5. The summed E-state index contributed by atoms with van der Waals surface area (Å²) in [4.78, 5) is 45.8. The molecule has 3 fully saturated rings. The fraction of sp³-hybridized carbons (Fsp3) is 0.645. The van der Waals surface area contributed by atoms with Crippen molar-refractivity contribution in [2.24, 2.45) is 11.8 Å². The van der Waals surface area contributed by atoms with Crippen LogP contribution in [0.4, 0.5) is 5.69 Å². The average molecular weight is 571 g/mol. The molecule has 0 radical (unpaired) electrons. The van der Waals surface area contributed by atoms with Gasteiger partial charge in [-0.25, -0.2) is 0 Å². The van der Waals surface area contributed by atoms with Crippen molar-refractivity contribution in [1.29, 1.82) is 0 Å². The largest absolute Gasteiger partial charge is 0.359 e. The second-order valence-electron chi connectivity index (χ2n) is 11.8. The third-order valence-electron chi connectivity index (χ3n) is 8.92. The first-order valence-electron chi connectivity index (χ1n) is 15.1. The molecule has 40 heavy (non-hydrogen) atoms. The number of hydrogen-bond acceptors (Lipinski definition) is 5. The van der Waals surface area contributed by atoms with Crippen LogP contribution >= 0.6 is 11.6 Å². The van der Waals surface area contributed by atoms with Crippen molar-refractivity contribution in [2.75, 3.05) is 31.5 Å². The molecule has 1 aromatic carbocycles. The molecule has 4 aliphatic rings. The number of amides is 3. The SMILES string of the molecule is CCCN(CCC)CCCN1C(=O)[C@@H]2[C@H](C(=O)Nc3cccc(Cl)c3)[C@@H]3C=C[C@@]2(O3)[C@H]1C(=O)NC1CCCCC1. The molecule has 0 aromatic heterocycles. The number of nitrogens with one attached hydrogen (secondary N) is 2. The summed E-state index contributed by atoms with van der Waals surface area (Å²) < 4.78 is 6.48. The van der Waals surface area contributed by atoms with E-state index >= 15 is 0 Å². The van der Waals surface area contributed by atoms with E-state index < -0.39 is 29.6 Å². The van der Waals surface area contributed by atoms with E-state index in [2.05, 4.69) is 29.4 Å². The molecule has 3 aliphatic heterocycles. The molecular formula is C31H43ClN4O4. The maximum absolute atomic E-state index is 14.1. The molecule has 3 amide bonds. The lowest BCUT2D eigenvalue weighted by molar-refractivity contribution is -0.141. The average Bonchev–Trinajstić information content (AvgIpc) is 3.57. The molecule has 218 valence electrons. The second-order valence-corrected chi connectivity index (χ2v) is 12.2. The van der Waals surface area contributed by atoms with Gasteiger partial charge in [0.1, 0.15) is 11.6 Å². The number of likely N-dealkylation sites (tertiary alicyclic amines) is 1. The van der Waals surface area contributed by atoms with E-state index in [0.29, 0.717) is 17.3 Å². The highest BCUT2D eigenvalue weighted by Crippen LogP contribution is 2.55. The summed E-state index contributed by atoms with van der Waals surface area (Å²) in [6.45, 7) is 7.69. The highest BCUT2D eigenvalue weighted by molar-refractivity contribution is 6.30. The molecule has 5 rings (SSSR count). The quantitative estimate of drug-likeness (QED) is 0.364. The molecular weight excluding hydrogens is 528 g/mol. The fourth-order valence-electron chi connectivity index (χ4n) is 7.26. The van der Waals surface area contributed by atoms with Gasteiger partial charge in [0, 0.05) is 23.3 Å². The molecule has 1 saturated carbocycles. The fourth-order valence-corrected chi connectivity index (χ4v) is 7.45. The Labute approximate surface area is 242 Å². The summed E-state index contributed by atoms with van der Waals surface area (Å²) in [5.74, 6) is -2.08. The molecule has 3 heterocycles. The summed E-state index contributed by atoms with van der Waals surface area (Å²) in [7, 11) is 0. The molecule has 2 N–H and O–H groups in total. The highest BCUT2D eigenvalue weighted by atomic mass is 35.5. The summed E-state index contributed by atoms with van der Waals surface area (Å²) in [6, 6.07) is 6.29. The minimum atomic E-state index is -1.14. The van der Waals surface area contributed by atoms with Gasteiger partial charge >= 0.3 is 0 Å². The molecule has 1 spiro atoms. The summed E-state index contributed by atoms with van der Waals surface area (Å²) in [5.41, 5.74) is -0.567. The Bertz CT molecular complexity index is 1120. The van der Waals surface area contributed by atoms with Crippen LogP contribution in [0.25, 0.3) is 0 Å². The van der Waals surface area contributed by atoms with Crippen LogP contribution < -0.4 is 10.6 Å². The first-order valence-corrected chi connectivity index (χ1v) is 15.5.